The maximum atomic E-state index is 5.54. The second kappa shape index (κ2) is 4.01. The SMILES string of the molecule is CC1(C)COC(c2cnc(I)c(Br)c2)=N1. The summed E-state index contributed by atoms with van der Waals surface area (Å²) in [5.41, 5.74) is 0.804. The van der Waals surface area contributed by atoms with Crippen LogP contribution in [0.3, 0.4) is 0 Å². The van der Waals surface area contributed by atoms with Crippen LogP contribution >= 0.6 is 38.5 Å². The van der Waals surface area contributed by atoms with Crippen molar-refractivity contribution >= 4 is 44.4 Å². The molecule has 1 aliphatic rings. The van der Waals surface area contributed by atoms with Crippen LogP contribution in [0.25, 0.3) is 0 Å². The van der Waals surface area contributed by atoms with Gasteiger partial charge in [-0.05, 0) is 58.4 Å². The number of hydrogen-bond donors (Lipinski definition) is 0. The number of hydrogen-bond acceptors (Lipinski definition) is 3. The highest BCUT2D eigenvalue weighted by Gasteiger charge is 2.27. The van der Waals surface area contributed by atoms with Crippen LogP contribution < -0.4 is 0 Å². The van der Waals surface area contributed by atoms with E-state index in [-0.39, 0.29) is 5.54 Å². The average Bonchev–Trinajstić information content (AvgIpc) is 2.51. The van der Waals surface area contributed by atoms with Crippen molar-refractivity contribution in [3.63, 3.8) is 0 Å². The largest absolute Gasteiger partial charge is 0.475 e. The van der Waals surface area contributed by atoms with Gasteiger partial charge in [-0.25, -0.2) is 9.98 Å². The van der Waals surface area contributed by atoms with Crippen molar-refractivity contribution in [2.75, 3.05) is 6.61 Å². The van der Waals surface area contributed by atoms with E-state index in [4.69, 9.17) is 4.74 Å². The molecule has 0 saturated heterocycles. The van der Waals surface area contributed by atoms with Crippen LogP contribution in [0.4, 0.5) is 0 Å². The fraction of sp³-hybridized carbons (Fsp3) is 0.400. The number of aliphatic imine (C=N–C) groups is 1. The molecule has 2 heterocycles. The second-order valence-electron chi connectivity index (χ2n) is 4.01. The Labute approximate surface area is 111 Å². The molecular formula is C10H10BrIN2O. The van der Waals surface area contributed by atoms with Crippen LogP contribution in [0, 0.1) is 3.70 Å². The van der Waals surface area contributed by atoms with E-state index < -0.39 is 0 Å². The Balaban J connectivity index is 2.36. The molecule has 0 aromatic carbocycles. The zero-order valence-corrected chi connectivity index (χ0v) is 12.2. The number of halogens is 2. The number of ether oxygens (including phenoxy) is 1. The fourth-order valence-corrected chi connectivity index (χ4v) is 1.91. The molecule has 0 radical (unpaired) electrons. The van der Waals surface area contributed by atoms with Crippen molar-refractivity contribution in [3.8, 4) is 0 Å². The summed E-state index contributed by atoms with van der Waals surface area (Å²) in [6, 6.07) is 1.98. The van der Waals surface area contributed by atoms with Crippen molar-refractivity contribution in [1.82, 2.24) is 4.98 Å². The van der Waals surface area contributed by atoms with Crippen molar-refractivity contribution in [1.29, 1.82) is 0 Å². The molecule has 80 valence electrons. The summed E-state index contributed by atoms with van der Waals surface area (Å²) in [4.78, 5) is 8.74. The van der Waals surface area contributed by atoms with Crippen molar-refractivity contribution in [2.45, 2.75) is 19.4 Å². The minimum absolute atomic E-state index is 0.120. The van der Waals surface area contributed by atoms with E-state index in [0.29, 0.717) is 12.5 Å². The molecule has 0 unspecified atom stereocenters. The summed E-state index contributed by atoms with van der Waals surface area (Å²) >= 11 is 5.61. The lowest BCUT2D eigenvalue weighted by Crippen LogP contribution is -2.17. The molecule has 0 fully saturated rings. The molecule has 1 aromatic rings. The highest BCUT2D eigenvalue weighted by Crippen LogP contribution is 2.23. The molecule has 2 rings (SSSR count). The summed E-state index contributed by atoms with van der Waals surface area (Å²) in [5, 5.41) is 0. The molecule has 0 N–H and O–H groups in total. The van der Waals surface area contributed by atoms with Crippen LogP contribution in [0.15, 0.2) is 21.7 Å². The Morgan fingerprint density at radius 2 is 2.27 bits per heavy atom. The highest BCUT2D eigenvalue weighted by molar-refractivity contribution is 14.1. The predicted molar refractivity (Wildman–Crippen MR) is 71.2 cm³/mol. The third kappa shape index (κ3) is 2.50. The van der Waals surface area contributed by atoms with Gasteiger partial charge < -0.3 is 4.74 Å². The molecular weight excluding hydrogens is 371 g/mol. The molecule has 0 saturated carbocycles. The minimum atomic E-state index is -0.120. The molecule has 3 nitrogen and oxygen atoms in total. The number of pyridine rings is 1. The van der Waals surface area contributed by atoms with Crippen molar-refractivity contribution in [2.24, 2.45) is 4.99 Å². The first-order valence-corrected chi connectivity index (χ1v) is 6.39. The smallest absolute Gasteiger partial charge is 0.218 e. The highest BCUT2D eigenvalue weighted by atomic mass is 127. The van der Waals surface area contributed by atoms with E-state index in [1.807, 2.05) is 6.07 Å². The standard InChI is InChI=1S/C10H10BrIN2O/c1-10(2)5-15-9(14-10)6-3-7(11)8(12)13-4-6/h3-4H,5H2,1-2H3. The van der Waals surface area contributed by atoms with Gasteiger partial charge in [0.15, 0.2) is 0 Å². The van der Waals surface area contributed by atoms with Gasteiger partial charge in [0.1, 0.15) is 10.3 Å². The molecule has 1 aliphatic heterocycles. The lowest BCUT2D eigenvalue weighted by atomic mass is 10.1. The van der Waals surface area contributed by atoms with E-state index in [1.54, 1.807) is 6.20 Å². The number of nitrogens with zero attached hydrogens (tertiary/aromatic N) is 2. The van der Waals surface area contributed by atoms with Crippen LogP contribution in [0.5, 0.6) is 0 Å². The Morgan fingerprint density at radius 1 is 1.53 bits per heavy atom. The third-order valence-electron chi connectivity index (χ3n) is 2.01. The Hall–Kier alpha value is -0.170. The summed E-state index contributed by atoms with van der Waals surface area (Å²) in [6.07, 6.45) is 1.78. The van der Waals surface area contributed by atoms with E-state index in [2.05, 4.69) is 62.3 Å². The maximum absolute atomic E-state index is 5.54. The van der Waals surface area contributed by atoms with E-state index in [0.717, 1.165) is 13.7 Å². The van der Waals surface area contributed by atoms with E-state index in [1.165, 1.54) is 0 Å². The molecule has 15 heavy (non-hydrogen) atoms. The van der Waals surface area contributed by atoms with Gasteiger partial charge in [-0.15, -0.1) is 0 Å². The van der Waals surface area contributed by atoms with E-state index >= 15 is 0 Å². The maximum Gasteiger partial charge on any atom is 0.218 e. The van der Waals surface area contributed by atoms with Crippen molar-refractivity contribution < 1.29 is 4.74 Å². The molecule has 0 amide bonds. The normalized spacial score (nSPS) is 18.5. The topological polar surface area (TPSA) is 34.5 Å². The number of rotatable bonds is 1. The van der Waals surface area contributed by atoms with Gasteiger partial charge in [0, 0.05) is 6.20 Å². The number of aromatic nitrogens is 1. The van der Waals surface area contributed by atoms with Gasteiger partial charge in [-0.2, -0.15) is 0 Å². The van der Waals surface area contributed by atoms with Crippen molar-refractivity contribution in [3.05, 3.63) is 26.0 Å². The first kappa shape index (κ1) is 11.3. The van der Waals surface area contributed by atoms with Gasteiger partial charge in [0.05, 0.1) is 15.6 Å². The van der Waals surface area contributed by atoms with Crippen LogP contribution in [0.2, 0.25) is 0 Å². The quantitative estimate of drug-likeness (QED) is 0.554. The summed E-state index contributed by atoms with van der Waals surface area (Å²) in [6.45, 7) is 4.73. The van der Waals surface area contributed by atoms with Gasteiger partial charge in [-0.3, -0.25) is 0 Å². The molecule has 0 spiro atoms. The van der Waals surface area contributed by atoms with Crippen LogP contribution in [0.1, 0.15) is 19.4 Å². The van der Waals surface area contributed by atoms with Crippen LogP contribution in [-0.2, 0) is 4.74 Å². The third-order valence-corrected chi connectivity index (χ3v) is 4.21. The van der Waals surface area contributed by atoms with Gasteiger partial charge in [0.2, 0.25) is 5.90 Å². The zero-order valence-electron chi connectivity index (χ0n) is 8.42. The van der Waals surface area contributed by atoms with Gasteiger partial charge in [-0.1, -0.05) is 0 Å². The Bertz CT molecular complexity index is 431. The zero-order chi connectivity index (χ0) is 11.1. The summed E-state index contributed by atoms with van der Waals surface area (Å²) in [5.74, 6) is 0.685. The monoisotopic (exact) mass is 380 g/mol. The lowest BCUT2D eigenvalue weighted by molar-refractivity contribution is 0.279. The second-order valence-corrected chi connectivity index (χ2v) is 5.89. The molecule has 1 aromatic heterocycles. The van der Waals surface area contributed by atoms with Crippen LogP contribution in [-0.4, -0.2) is 23.0 Å². The molecule has 5 heteroatoms. The Kier molecular flexibility index (Phi) is 3.03. The van der Waals surface area contributed by atoms with E-state index in [9.17, 15) is 0 Å². The summed E-state index contributed by atoms with van der Waals surface area (Å²) < 4.78 is 7.44. The molecule has 0 atom stereocenters. The van der Waals surface area contributed by atoms with Gasteiger partial charge in [0.25, 0.3) is 0 Å². The first-order valence-electron chi connectivity index (χ1n) is 4.52. The average molecular weight is 381 g/mol. The first-order chi connectivity index (χ1) is 6.98. The molecule has 0 bridgehead atoms. The lowest BCUT2D eigenvalue weighted by Gasteiger charge is -2.07. The van der Waals surface area contributed by atoms with Gasteiger partial charge >= 0.3 is 0 Å². The minimum Gasteiger partial charge on any atom is -0.475 e. The summed E-state index contributed by atoms with van der Waals surface area (Å²) in [7, 11) is 0. The molecule has 0 aliphatic carbocycles. The Morgan fingerprint density at radius 3 is 2.80 bits per heavy atom. The predicted octanol–water partition coefficient (Wildman–Crippen LogP) is 3.00. The fourth-order valence-electron chi connectivity index (χ4n) is 1.27.